The molecule has 2 heterocycles. The highest BCUT2D eigenvalue weighted by Crippen LogP contribution is 2.24. The lowest BCUT2D eigenvalue weighted by atomic mass is 10.3. The first-order chi connectivity index (χ1) is 7.16. The van der Waals surface area contributed by atoms with Crippen LogP contribution in [0.25, 0.3) is 0 Å². The number of carbonyl (C=O) groups is 1. The Labute approximate surface area is 94.0 Å². The van der Waals surface area contributed by atoms with Crippen LogP contribution >= 0.6 is 11.3 Å². The van der Waals surface area contributed by atoms with Crippen molar-refractivity contribution >= 4 is 33.8 Å². The first-order valence-electron chi connectivity index (χ1n) is 4.58. The fourth-order valence-electron chi connectivity index (χ4n) is 1.50. The van der Waals surface area contributed by atoms with Crippen molar-refractivity contribution in [3.63, 3.8) is 0 Å². The van der Waals surface area contributed by atoms with E-state index < -0.39 is 16.8 Å². The number of carboxylic acids is 1. The van der Waals surface area contributed by atoms with Gasteiger partial charge >= 0.3 is 5.97 Å². The van der Waals surface area contributed by atoms with Crippen molar-refractivity contribution in [2.24, 2.45) is 0 Å². The summed E-state index contributed by atoms with van der Waals surface area (Å²) in [6.45, 7) is 1.50. The molecule has 0 unspecified atom stereocenters. The van der Waals surface area contributed by atoms with E-state index in [0.29, 0.717) is 16.4 Å². The molecular weight excluding hydrogens is 234 g/mol. The average molecular weight is 245 g/mol. The summed E-state index contributed by atoms with van der Waals surface area (Å²) in [5.41, 5.74) is 0.939. The van der Waals surface area contributed by atoms with Crippen LogP contribution in [-0.2, 0) is 10.8 Å². The Balaban J connectivity index is 2.09. The van der Waals surface area contributed by atoms with Gasteiger partial charge in [-0.3, -0.25) is 4.21 Å². The highest BCUT2D eigenvalue weighted by Gasteiger charge is 2.17. The van der Waals surface area contributed by atoms with Gasteiger partial charge in [-0.1, -0.05) is 0 Å². The van der Waals surface area contributed by atoms with Gasteiger partial charge in [0.1, 0.15) is 4.88 Å². The van der Waals surface area contributed by atoms with Crippen LogP contribution in [0.3, 0.4) is 0 Å². The van der Waals surface area contributed by atoms with Crippen LogP contribution in [-0.4, -0.2) is 39.9 Å². The van der Waals surface area contributed by atoms with E-state index in [9.17, 15) is 9.00 Å². The number of carboxylic acid groups (broad SMARTS) is 1. The van der Waals surface area contributed by atoms with E-state index in [4.69, 9.17) is 5.11 Å². The predicted octanol–water partition coefficient (Wildman–Crippen LogP) is 1.01. The Kier molecular flexibility index (Phi) is 3.06. The standard InChI is InChI=1S/C9H11NO3S2/c11-9(12)8-5-7(6-14-8)10-1-3-15(13)4-2-10/h5-6H,1-4H2,(H,11,12). The second kappa shape index (κ2) is 4.32. The summed E-state index contributed by atoms with van der Waals surface area (Å²) in [7, 11) is -0.691. The van der Waals surface area contributed by atoms with E-state index in [2.05, 4.69) is 4.90 Å². The van der Waals surface area contributed by atoms with Crippen molar-refractivity contribution < 1.29 is 14.1 Å². The lowest BCUT2D eigenvalue weighted by molar-refractivity contribution is 0.0702. The van der Waals surface area contributed by atoms with Crippen LogP contribution in [0.5, 0.6) is 0 Å². The molecule has 15 heavy (non-hydrogen) atoms. The van der Waals surface area contributed by atoms with E-state index in [0.717, 1.165) is 18.8 Å². The molecule has 0 amide bonds. The molecule has 0 aromatic carbocycles. The SMILES string of the molecule is O=C(O)c1cc(N2CCS(=O)CC2)cs1. The summed E-state index contributed by atoms with van der Waals surface area (Å²) in [5, 5.41) is 10.6. The van der Waals surface area contributed by atoms with E-state index in [-0.39, 0.29) is 0 Å². The molecule has 2 rings (SSSR count). The summed E-state index contributed by atoms with van der Waals surface area (Å²) in [6.07, 6.45) is 0. The van der Waals surface area contributed by atoms with Gasteiger partial charge in [-0.05, 0) is 6.07 Å². The zero-order valence-corrected chi connectivity index (χ0v) is 9.64. The molecule has 1 aromatic heterocycles. The number of hydrogen-bond acceptors (Lipinski definition) is 4. The van der Waals surface area contributed by atoms with Gasteiger partial charge in [0.2, 0.25) is 0 Å². The van der Waals surface area contributed by atoms with Crippen LogP contribution in [0.4, 0.5) is 5.69 Å². The smallest absolute Gasteiger partial charge is 0.345 e. The van der Waals surface area contributed by atoms with Crippen molar-refractivity contribution in [3.8, 4) is 0 Å². The normalized spacial score (nSPS) is 18.0. The number of rotatable bonds is 2. The van der Waals surface area contributed by atoms with Crippen LogP contribution in [0.2, 0.25) is 0 Å². The maximum absolute atomic E-state index is 11.1. The van der Waals surface area contributed by atoms with Crippen LogP contribution in [0.15, 0.2) is 11.4 Å². The first-order valence-corrected chi connectivity index (χ1v) is 6.95. The van der Waals surface area contributed by atoms with E-state index in [1.54, 1.807) is 6.07 Å². The monoisotopic (exact) mass is 245 g/mol. The van der Waals surface area contributed by atoms with Crippen molar-refractivity contribution in [1.82, 2.24) is 0 Å². The summed E-state index contributed by atoms with van der Waals surface area (Å²) in [4.78, 5) is 13.1. The predicted molar refractivity (Wildman–Crippen MR) is 61.4 cm³/mol. The minimum Gasteiger partial charge on any atom is -0.477 e. The maximum Gasteiger partial charge on any atom is 0.345 e. The first kappa shape index (κ1) is 10.6. The lowest BCUT2D eigenvalue weighted by Gasteiger charge is -2.27. The van der Waals surface area contributed by atoms with Crippen molar-refractivity contribution in [2.75, 3.05) is 29.5 Å². The summed E-state index contributed by atoms with van der Waals surface area (Å²) in [5.74, 6) is 0.475. The molecule has 1 aromatic rings. The van der Waals surface area contributed by atoms with Gasteiger partial charge in [0.05, 0.1) is 0 Å². The van der Waals surface area contributed by atoms with Crippen LogP contribution < -0.4 is 4.90 Å². The molecule has 0 spiro atoms. The molecule has 1 aliphatic rings. The molecule has 1 fully saturated rings. The second-order valence-corrected chi connectivity index (χ2v) is 5.92. The number of anilines is 1. The molecule has 0 aliphatic carbocycles. The zero-order chi connectivity index (χ0) is 10.8. The van der Waals surface area contributed by atoms with Crippen molar-refractivity contribution in [3.05, 3.63) is 16.3 Å². The fraction of sp³-hybridized carbons (Fsp3) is 0.444. The quantitative estimate of drug-likeness (QED) is 0.845. The van der Waals surface area contributed by atoms with Gasteiger partial charge in [0.15, 0.2) is 0 Å². The third kappa shape index (κ3) is 2.38. The topological polar surface area (TPSA) is 57.6 Å². The Morgan fingerprint density at radius 3 is 2.67 bits per heavy atom. The Bertz CT molecular complexity index is 392. The van der Waals surface area contributed by atoms with Crippen molar-refractivity contribution in [1.29, 1.82) is 0 Å². The van der Waals surface area contributed by atoms with Crippen LogP contribution in [0.1, 0.15) is 9.67 Å². The Morgan fingerprint density at radius 1 is 1.47 bits per heavy atom. The van der Waals surface area contributed by atoms with Gasteiger partial charge in [-0.15, -0.1) is 11.3 Å². The van der Waals surface area contributed by atoms with Crippen LogP contribution in [0, 0.1) is 0 Å². The highest BCUT2D eigenvalue weighted by molar-refractivity contribution is 7.85. The lowest BCUT2D eigenvalue weighted by Crippen LogP contribution is -2.37. The number of hydrogen-bond donors (Lipinski definition) is 1. The molecule has 0 radical (unpaired) electrons. The van der Waals surface area contributed by atoms with E-state index in [1.165, 1.54) is 11.3 Å². The largest absolute Gasteiger partial charge is 0.477 e. The van der Waals surface area contributed by atoms with Gasteiger partial charge in [-0.2, -0.15) is 0 Å². The van der Waals surface area contributed by atoms with Gasteiger partial charge in [-0.25, -0.2) is 4.79 Å². The van der Waals surface area contributed by atoms with Gasteiger partial charge in [0, 0.05) is 46.5 Å². The summed E-state index contributed by atoms with van der Waals surface area (Å²) < 4.78 is 11.1. The minimum atomic E-state index is -0.883. The van der Waals surface area contributed by atoms with Crippen molar-refractivity contribution in [2.45, 2.75) is 0 Å². The van der Waals surface area contributed by atoms with E-state index >= 15 is 0 Å². The number of nitrogens with zero attached hydrogens (tertiary/aromatic N) is 1. The number of thiophene rings is 1. The van der Waals surface area contributed by atoms with Gasteiger partial charge < -0.3 is 10.0 Å². The molecule has 0 bridgehead atoms. The zero-order valence-electron chi connectivity index (χ0n) is 8.01. The Morgan fingerprint density at radius 2 is 2.13 bits per heavy atom. The maximum atomic E-state index is 11.1. The van der Waals surface area contributed by atoms with Gasteiger partial charge in [0.25, 0.3) is 0 Å². The molecule has 6 heteroatoms. The fourth-order valence-corrected chi connectivity index (χ4v) is 3.31. The third-order valence-corrected chi connectivity index (χ3v) is 4.52. The van der Waals surface area contributed by atoms with E-state index in [1.807, 2.05) is 5.38 Å². The minimum absolute atomic E-state index is 0.358. The molecule has 1 saturated heterocycles. The summed E-state index contributed by atoms with van der Waals surface area (Å²) >= 11 is 1.24. The summed E-state index contributed by atoms with van der Waals surface area (Å²) in [6, 6.07) is 1.68. The number of aromatic carboxylic acids is 1. The second-order valence-electron chi connectivity index (χ2n) is 3.31. The third-order valence-electron chi connectivity index (χ3n) is 2.34. The molecule has 1 N–H and O–H groups in total. The average Bonchev–Trinajstić information content (AvgIpc) is 2.68. The molecule has 1 aliphatic heterocycles. The molecule has 0 atom stereocenters. The molecule has 4 nitrogen and oxygen atoms in total. The Hall–Kier alpha value is -0.880. The molecular formula is C9H11NO3S2. The molecule has 0 saturated carbocycles. The highest BCUT2D eigenvalue weighted by atomic mass is 32.2. The molecule has 82 valence electrons.